The number of carbonyl (C=O) groups excluding carboxylic acids is 1. The number of hydrogen-bond donors (Lipinski definition) is 2. The predicted molar refractivity (Wildman–Crippen MR) is 82.8 cm³/mol. The van der Waals surface area contributed by atoms with Crippen LogP contribution in [0.3, 0.4) is 0 Å². The number of benzene rings is 1. The van der Waals surface area contributed by atoms with Crippen molar-refractivity contribution in [1.29, 1.82) is 0 Å². The van der Waals surface area contributed by atoms with Gasteiger partial charge in [-0.1, -0.05) is 29.3 Å². The standard InChI is InChI=1S/C14H18Cl2N2O3/c1-9(10-3-4-11(15)12(16)7-10)17-13(19)8-18(2)6-5-14(20)21/h3-4,7,9H,5-6,8H2,1-2H3,(H,17,19)(H,20,21). The van der Waals surface area contributed by atoms with Crippen molar-refractivity contribution in [3.63, 3.8) is 0 Å². The second-order valence-corrected chi connectivity index (χ2v) is 5.66. The van der Waals surface area contributed by atoms with Gasteiger partial charge in [-0.2, -0.15) is 0 Å². The second kappa shape index (κ2) is 8.22. The molecule has 1 aromatic carbocycles. The highest BCUT2D eigenvalue weighted by atomic mass is 35.5. The fraction of sp³-hybridized carbons (Fsp3) is 0.429. The number of nitrogens with zero attached hydrogens (tertiary/aromatic N) is 1. The van der Waals surface area contributed by atoms with Gasteiger partial charge >= 0.3 is 5.97 Å². The van der Waals surface area contributed by atoms with E-state index in [1.165, 1.54) is 0 Å². The van der Waals surface area contributed by atoms with Crippen molar-refractivity contribution in [3.8, 4) is 0 Å². The van der Waals surface area contributed by atoms with E-state index in [-0.39, 0.29) is 24.9 Å². The van der Waals surface area contributed by atoms with Gasteiger partial charge in [0.1, 0.15) is 0 Å². The summed E-state index contributed by atoms with van der Waals surface area (Å²) in [7, 11) is 1.70. The first-order valence-electron chi connectivity index (χ1n) is 6.44. The maximum atomic E-state index is 11.9. The molecule has 0 radical (unpaired) electrons. The lowest BCUT2D eigenvalue weighted by Crippen LogP contribution is -2.37. The minimum absolute atomic E-state index is 0.00608. The van der Waals surface area contributed by atoms with Gasteiger partial charge in [-0.25, -0.2) is 0 Å². The largest absolute Gasteiger partial charge is 0.481 e. The van der Waals surface area contributed by atoms with Crippen molar-refractivity contribution in [2.45, 2.75) is 19.4 Å². The summed E-state index contributed by atoms with van der Waals surface area (Å²) < 4.78 is 0. The smallest absolute Gasteiger partial charge is 0.304 e. The number of nitrogens with one attached hydrogen (secondary N) is 1. The first-order valence-corrected chi connectivity index (χ1v) is 7.20. The average molecular weight is 333 g/mol. The Morgan fingerprint density at radius 1 is 1.33 bits per heavy atom. The van der Waals surface area contributed by atoms with Gasteiger partial charge < -0.3 is 10.4 Å². The molecule has 1 unspecified atom stereocenters. The fourth-order valence-electron chi connectivity index (χ4n) is 1.76. The molecule has 0 fully saturated rings. The quantitative estimate of drug-likeness (QED) is 0.805. The van der Waals surface area contributed by atoms with Gasteiger partial charge in [-0.05, 0) is 31.7 Å². The van der Waals surface area contributed by atoms with Crippen LogP contribution in [-0.4, -0.2) is 42.0 Å². The molecule has 1 aromatic rings. The molecule has 0 bridgehead atoms. The van der Waals surface area contributed by atoms with E-state index in [1.807, 2.05) is 6.92 Å². The summed E-state index contributed by atoms with van der Waals surface area (Å²) in [5.74, 6) is -1.06. The van der Waals surface area contributed by atoms with Crippen molar-refractivity contribution in [1.82, 2.24) is 10.2 Å². The predicted octanol–water partition coefficient (Wildman–Crippen LogP) is 2.58. The summed E-state index contributed by atoms with van der Waals surface area (Å²) in [6, 6.07) is 4.98. The molecule has 0 saturated heterocycles. The number of halogens is 2. The van der Waals surface area contributed by atoms with E-state index in [0.29, 0.717) is 16.6 Å². The van der Waals surface area contributed by atoms with Gasteiger partial charge in [0.05, 0.1) is 29.1 Å². The molecule has 2 N–H and O–H groups in total. The molecule has 0 spiro atoms. The van der Waals surface area contributed by atoms with E-state index in [2.05, 4.69) is 5.32 Å². The van der Waals surface area contributed by atoms with Crippen LogP contribution in [0.4, 0.5) is 0 Å². The van der Waals surface area contributed by atoms with Crippen LogP contribution >= 0.6 is 23.2 Å². The molecule has 0 saturated carbocycles. The van der Waals surface area contributed by atoms with Gasteiger partial charge in [-0.15, -0.1) is 0 Å². The molecule has 116 valence electrons. The third kappa shape index (κ3) is 6.33. The molecular formula is C14H18Cl2N2O3. The van der Waals surface area contributed by atoms with Gasteiger partial charge in [0.15, 0.2) is 0 Å². The molecule has 7 heteroatoms. The number of amides is 1. The molecule has 0 aliphatic carbocycles. The summed E-state index contributed by atoms with van der Waals surface area (Å²) in [5, 5.41) is 12.3. The zero-order chi connectivity index (χ0) is 16.0. The minimum atomic E-state index is -0.883. The molecule has 1 amide bonds. The highest BCUT2D eigenvalue weighted by molar-refractivity contribution is 6.42. The first-order chi connectivity index (χ1) is 9.79. The fourth-order valence-corrected chi connectivity index (χ4v) is 2.07. The number of carbonyl (C=O) groups is 2. The highest BCUT2D eigenvalue weighted by Crippen LogP contribution is 2.25. The zero-order valence-electron chi connectivity index (χ0n) is 11.9. The van der Waals surface area contributed by atoms with Crippen molar-refractivity contribution >= 4 is 35.1 Å². The van der Waals surface area contributed by atoms with Crippen LogP contribution in [0, 0.1) is 0 Å². The molecular weight excluding hydrogens is 315 g/mol. The van der Waals surface area contributed by atoms with E-state index >= 15 is 0 Å². The first kappa shape index (κ1) is 17.8. The third-order valence-corrected chi connectivity index (χ3v) is 3.68. The topological polar surface area (TPSA) is 69.6 Å². The van der Waals surface area contributed by atoms with Gasteiger partial charge in [0, 0.05) is 6.54 Å². The Morgan fingerprint density at radius 2 is 2.00 bits per heavy atom. The number of carboxylic acids is 1. The molecule has 0 aliphatic rings. The van der Waals surface area contributed by atoms with Gasteiger partial charge in [-0.3, -0.25) is 14.5 Å². The number of carboxylic acid groups (broad SMARTS) is 1. The van der Waals surface area contributed by atoms with E-state index in [9.17, 15) is 9.59 Å². The Kier molecular flexibility index (Phi) is 6.95. The van der Waals surface area contributed by atoms with E-state index < -0.39 is 5.97 Å². The van der Waals surface area contributed by atoms with Crippen LogP contribution in [0.25, 0.3) is 0 Å². The van der Waals surface area contributed by atoms with Crippen LogP contribution < -0.4 is 5.32 Å². The lowest BCUT2D eigenvalue weighted by Gasteiger charge is -2.19. The molecule has 21 heavy (non-hydrogen) atoms. The van der Waals surface area contributed by atoms with Gasteiger partial charge in [0.25, 0.3) is 0 Å². The Balaban J connectivity index is 2.49. The van der Waals surface area contributed by atoms with Crippen LogP contribution in [0.1, 0.15) is 24.9 Å². The number of rotatable bonds is 7. The van der Waals surface area contributed by atoms with E-state index in [1.54, 1.807) is 30.1 Å². The average Bonchev–Trinajstić information content (AvgIpc) is 2.39. The van der Waals surface area contributed by atoms with E-state index in [4.69, 9.17) is 28.3 Å². The SMILES string of the molecule is CC(NC(=O)CN(C)CCC(=O)O)c1ccc(Cl)c(Cl)c1. The second-order valence-electron chi connectivity index (χ2n) is 4.84. The van der Waals surface area contributed by atoms with Crippen LogP contribution in [0.15, 0.2) is 18.2 Å². The van der Waals surface area contributed by atoms with E-state index in [0.717, 1.165) is 5.56 Å². The number of likely N-dealkylation sites (N-methyl/N-ethyl adjacent to an activating group) is 1. The summed E-state index contributed by atoms with van der Waals surface area (Å²) in [4.78, 5) is 24.0. The van der Waals surface area contributed by atoms with Crippen molar-refractivity contribution in [2.75, 3.05) is 20.1 Å². The molecule has 1 atom stereocenters. The van der Waals surface area contributed by atoms with Gasteiger partial charge in [0.2, 0.25) is 5.91 Å². The monoisotopic (exact) mass is 332 g/mol. The van der Waals surface area contributed by atoms with Crippen molar-refractivity contribution in [2.24, 2.45) is 0 Å². The summed E-state index contributed by atoms with van der Waals surface area (Å²) in [6.45, 7) is 2.30. The molecule has 5 nitrogen and oxygen atoms in total. The Labute approximate surface area is 133 Å². The molecule has 0 heterocycles. The molecule has 0 aromatic heterocycles. The maximum Gasteiger partial charge on any atom is 0.304 e. The van der Waals surface area contributed by atoms with Crippen LogP contribution in [0.5, 0.6) is 0 Å². The lowest BCUT2D eigenvalue weighted by molar-refractivity contribution is -0.137. The normalized spacial score (nSPS) is 12.2. The Bertz CT molecular complexity index is 523. The molecule has 1 rings (SSSR count). The zero-order valence-corrected chi connectivity index (χ0v) is 13.4. The summed E-state index contributed by atoms with van der Waals surface area (Å²) in [6.07, 6.45) is 0.00608. The van der Waals surface area contributed by atoms with Crippen molar-refractivity contribution in [3.05, 3.63) is 33.8 Å². The minimum Gasteiger partial charge on any atom is -0.481 e. The summed E-state index contributed by atoms with van der Waals surface area (Å²) >= 11 is 11.8. The van der Waals surface area contributed by atoms with Crippen LogP contribution in [0.2, 0.25) is 10.0 Å². The van der Waals surface area contributed by atoms with Crippen LogP contribution in [-0.2, 0) is 9.59 Å². The summed E-state index contributed by atoms with van der Waals surface area (Å²) in [5.41, 5.74) is 0.853. The number of hydrogen-bond acceptors (Lipinski definition) is 3. The number of aliphatic carboxylic acids is 1. The van der Waals surface area contributed by atoms with Crippen molar-refractivity contribution < 1.29 is 14.7 Å². The molecule has 0 aliphatic heterocycles. The maximum absolute atomic E-state index is 11.9. The highest BCUT2D eigenvalue weighted by Gasteiger charge is 2.13. The third-order valence-electron chi connectivity index (χ3n) is 2.94. The Hall–Kier alpha value is -1.30. The Morgan fingerprint density at radius 3 is 2.57 bits per heavy atom. The lowest BCUT2D eigenvalue weighted by atomic mass is 10.1.